The molecule has 0 unspecified atom stereocenters. The number of rotatable bonds is 7. The molecule has 5 nitrogen and oxygen atoms in total. The Hall–Kier alpha value is -0.810. The van der Waals surface area contributed by atoms with Gasteiger partial charge in [0.15, 0.2) is 0 Å². The summed E-state index contributed by atoms with van der Waals surface area (Å²) in [6, 6.07) is 0. The molecule has 0 radical (unpaired) electrons. The van der Waals surface area contributed by atoms with Gasteiger partial charge >= 0.3 is 6.09 Å². The van der Waals surface area contributed by atoms with Crippen molar-refractivity contribution < 1.29 is 14.3 Å². The zero-order chi connectivity index (χ0) is 15.7. The molecule has 1 rings (SSSR count). The van der Waals surface area contributed by atoms with E-state index in [-0.39, 0.29) is 6.09 Å². The Morgan fingerprint density at radius 2 is 1.90 bits per heavy atom. The fourth-order valence-corrected chi connectivity index (χ4v) is 2.32. The zero-order valence-corrected chi connectivity index (χ0v) is 14.1. The molecule has 21 heavy (non-hydrogen) atoms. The Morgan fingerprint density at radius 3 is 2.52 bits per heavy atom. The van der Waals surface area contributed by atoms with Crippen molar-refractivity contribution >= 4 is 6.09 Å². The molecule has 1 N–H and O–H groups in total. The summed E-state index contributed by atoms with van der Waals surface area (Å²) >= 11 is 0. The van der Waals surface area contributed by atoms with E-state index in [0.29, 0.717) is 13.2 Å². The first-order valence-corrected chi connectivity index (χ1v) is 8.14. The van der Waals surface area contributed by atoms with Crippen LogP contribution >= 0.6 is 0 Å². The van der Waals surface area contributed by atoms with E-state index in [1.54, 1.807) is 0 Å². The lowest BCUT2D eigenvalue weighted by atomic mass is 9.99. The Kier molecular flexibility index (Phi) is 8.04. The fourth-order valence-electron chi connectivity index (χ4n) is 2.32. The molecule has 1 aliphatic rings. The number of nitrogens with one attached hydrogen (secondary N) is 1. The predicted molar refractivity (Wildman–Crippen MR) is 84.5 cm³/mol. The zero-order valence-electron chi connectivity index (χ0n) is 14.1. The Morgan fingerprint density at radius 1 is 1.24 bits per heavy atom. The van der Waals surface area contributed by atoms with Gasteiger partial charge in [-0.1, -0.05) is 6.92 Å². The topological polar surface area (TPSA) is 50.8 Å². The number of hydrogen-bond acceptors (Lipinski definition) is 4. The second-order valence-corrected chi connectivity index (χ2v) is 6.92. The minimum Gasteiger partial charge on any atom is -0.444 e. The van der Waals surface area contributed by atoms with E-state index in [2.05, 4.69) is 17.1 Å². The molecule has 1 aliphatic heterocycles. The van der Waals surface area contributed by atoms with Crippen molar-refractivity contribution in [2.75, 3.05) is 39.4 Å². The van der Waals surface area contributed by atoms with E-state index >= 15 is 0 Å². The van der Waals surface area contributed by atoms with Crippen molar-refractivity contribution in [3.63, 3.8) is 0 Å². The largest absolute Gasteiger partial charge is 0.444 e. The van der Waals surface area contributed by atoms with Gasteiger partial charge in [0.25, 0.3) is 0 Å². The SMILES string of the molecule is CC1CCN(CCCOCCNC(=O)OC(C)(C)C)CC1. The van der Waals surface area contributed by atoms with E-state index in [0.717, 1.165) is 25.5 Å². The molecular weight excluding hydrogens is 268 g/mol. The molecule has 1 amide bonds. The van der Waals surface area contributed by atoms with Crippen molar-refractivity contribution in [3.05, 3.63) is 0 Å². The molecule has 0 atom stereocenters. The molecule has 124 valence electrons. The molecule has 1 saturated heterocycles. The molecule has 5 heteroatoms. The van der Waals surface area contributed by atoms with Crippen molar-refractivity contribution in [3.8, 4) is 0 Å². The highest BCUT2D eigenvalue weighted by molar-refractivity contribution is 5.67. The average molecular weight is 300 g/mol. The summed E-state index contributed by atoms with van der Waals surface area (Å²) in [5, 5.41) is 2.69. The van der Waals surface area contributed by atoms with Crippen LogP contribution in [0.15, 0.2) is 0 Å². The average Bonchev–Trinajstić information content (AvgIpc) is 2.37. The highest BCUT2D eigenvalue weighted by Crippen LogP contribution is 2.15. The van der Waals surface area contributed by atoms with E-state index in [9.17, 15) is 4.79 Å². The number of piperidine rings is 1. The van der Waals surface area contributed by atoms with E-state index in [4.69, 9.17) is 9.47 Å². The minimum atomic E-state index is -0.448. The van der Waals surface area contributed by atoms with Crippen LogP contribution in [0, 0.1) is 5.92 Å². The first-order valence-electron chi connectivity index (χ1n) is 8.14. The summed E-state index contributed by atoms with van der Waals surface area (Å²) in [6.07, 6.45) is 3.32. The van der Waals surface area contributed by atoms with Crippen molar-refractivity contribution in [2.24, 2.45) is 5.92 Å². The number of nitrogens with zero attached hydrogens (tertiary/aromatic N) is 1. The van der Waals surface area contributed by atoms with Gasteiger partial charge in [0, 0.05) is 19.7 Å². The third-order valence-corrected chi connectivity index (χ3v) is 3.55. The third-order valence-electron chi connectivity index (χ3n) is 3.55. The van der Waals surface area contributed by atoms with E-state index < -0.39 is 5.60 Å². The van der Waals surface area contributed by atoms with Crippen molar-refractivity contribution in [2.45, 2.75) is 52.6 Å². The Labute approximate surface area is 129 Å². The molecule has 0 aromatic carbocycles. The van der Waals surface area contributed by atoms with Gasteiger partial charge in [0.05, 0.1) is 6.61 Å². The maximum absolute atomic E-state index is 11.4. The maximum atomic E-state index is 11.4. The van der Waals surface area contributed by atoms with Gasteiger partial charge in [-0.25, -0.2) is 4.79 Å². The number of amides is 1. The molecule has 0 saturated carbocycles. The Balaban J connectivity index is 1.90. The van der Waals surface area contributed by atoms with Gasteiger partial charge in [-0.2, -0.15) is 0 Å². The molecule has 1 fully saturated rings. The van der Waals surface area contributed by atoms with Gasteiger partial charge in [-0.15, -0.1) is 0 Å². The van der Waals surface area contributed by atoms with Crippen LogP contribution in [0.1, 0.15) is 47.0 Å². The lowest BCUT2D eigenvalue weighted by Crippen LogP contribution is -2.35. The van der Waals surface area contributed by atoms with Crippen LogP contribution in [0.4, 0.5) is 4.79 Å². The Bertz CT molecular complexity index is 294. The predicted octanol–water partition coefficient (Wildman–Crippen LogP) is 2.65. The first-order chi connectivity index (χ1) is 9.87. The highest BCUT2D eigenvalue weighted by Gasteiger charge is 2.16. The van der Waals surface area contributed by atoms with E-state index in [1.165, 1.54) is 25.9 Å². The summed E-state index contributed by atoms with van der Waals surface area (Å²) in [4.78, 5) is 13.9. The first kappa shape index (κ1) is 18.2. The van der Waals surface area contributed by atoms with Crippen LogP contribution in [-0.2, 0) is 9.47 Å². The third kappa shape index (κ3) is 9.69. The molecule has 0 spiro atoms. The molecule has 1 heterocycles. The quantitative estimate of drug-likeness (QED) is 0.734. The number of carbonyl (C=O) groups excluding carboxylic acids is 1. The van der Waals surface area contributed by atoms with Crippen LogP contribution in [-0.4, -0.2) is 56.0 Å². The van der Waals surface area contributed by atoms with Crippen LogP contribution in [0.5, 0.6) is 0 Å². The lowest BCUT2D eigenvalue weighted by molar-refractivity contribution is 0.0495. The van der Waals surface area contributed by atoms with Crippen molar-refractivity contribution in [1.82, 2.24) is 10.2 Å². The monoisotopic (exact) mass is 300 g/mol. The van der Waals surface area contributed by atoms with Crippen LogP contribution in [0.25, 0.3) is 0 Å². The standard InChI is InChI=1S/C16H32N2O3/c1-14-6-10-18(11-7-14)9-5-12-20-13-8-17-15(19)21-16(2,3)4/h14H,5-13H2,1-4H3,(H,17,19). The summed E-state index contributed by atoms with van der Waals surface area (Å²) in [5.41, 5.74) is -0.448. The molecule has 0 bridgehead atoms. The second kappa shape index (κ2) is 9.26. The molecule has 0 aromatic heterocycles. The summed E-state index contributed by atoms with van der Waals surface area (Å²) in [6.45, 7) is 13.2. The van der Waals surface area contributed by atoms with Gasteiger partial charge in [-0.05, 0) is 59.0 Å². The van der Waals surface area contributed by atoms with E-state index in [1.807, 2.05) is 20.8 Å². The van der Waals surface area contributed by atoms with Gasteiger partial charge < -0.3 is 19.7 Å². The van der Waals surface area contributed by atoms with Crippen LogP contribution in [0.3, 0.4) is 0 Å². The highest BCUT2D eigenvalue weighted by atomic mass is 16.6. The number of ether oxygens (including phenoxy) is 2. The van der Waals surface area contributed by atoms with Crippen LogP contribution < -0.4 is 5.32 Å². The van der Waals surface area contributed by atoms with Gasteiger partial charge in [0.2, 0.25) is 0 Å². The lowest BCUT2D eigenvalue weighted by Gasteiger charge is -2.30. The van der Waals surface area contributed by atoms with Crippen molar-refractivity contribution in [1.29, 1.82) is 0 Å². The van der Waals surface area contributed by atoms with Gasteiger partial charge in [0.1, 0.15) is 5.60 Å². The van der Waals surface area contributed by atoms with Gasteiger partial charge in [-0.3, -0.25) is 0 Å². The second-order valence-electron chi connectivity index (χ2n) is 6.92. The van der Waals surface area contributed by atoms with Crippen LogP contribution in [0.2, 0.25) is 0 Å². The smallest absolute Gasteiger partial charge is 0.407 e. The number of hydrogen-bond donors (Lipinski definition) is 1. The summed E-state index contributed by atoms with van der Waals surface area (Å²) in [7, 11) is 0. The summed E-state index contributed by atoms with van der Waals surface area (Å²) in [5.74, 6) is 0.886. The molecule has 0 aromatic rings. The summed E-state index contributed by atoms with van der Waals surface area (Å²) < 4.78 is 10.7. The molecular formula is C16H32N2O3. The fraction of sp³-hybridized carbons (Fsp3) is 0.938. The molecule has 0 aliphatic carbocycles. The maximum Gasteiger partial charge on any atom is 0.407 e. The number of carbonyl (C=O) groups is 1. The number of likely N-dealkylation sites (tertiary alicyclic amines) is 1. The minimum absolute atomic E-state index is 0.381. The normalized spacial score (nSPS) is 17.7. The number of alkyl carbamates (subject to hydrolysis) is 1.